The fourth-order valence-corrected chi connectivity index (χ4v) is 1.80. The van der Waals surface area contributed by atoms with E-state index in [2.05, 4.69) is 21.5 Å². The smallest absolute Gasteiger partial charge is 0.242 e. The van der Waals surface area contributed by atoms with Gasteiger partial charge in [0.05, 0.1) is 6.54 Å². The summed E-state index contributed by atoms with van der Waals surface area (Å²) < 4.78 is 25.4. The molecule has 4 nitrogen and oxygen atoms in total. The molecule has 1 heterocycles. The summed E-state index contributed by atoms with van der Waals surface area (Å²) in [4.78, 5) is 3.76. The fourth-order valence-electron chi connectivity index (χ4n) is 0.824. The molecule has 0 aromatic carbocycles. The average Bonchev–Trinajstić information content (AvgIpc) is 2.18. The lowest BCUT2D eigenvalue weighted by Crippen LogP contribution is -2.24. The first-order valence-electron chi connectivity index (χ1n) is 4.07. The van der Waals surface area contributed by atoms with Gasteiger partial charge in [-0.3, -0.25) is 0 Å². The number of nitrogens with one attached hydrogen (secondary N) is 1. The van der Waals surface area contributed by atoms with Crippen molar-refractivity contribution in [3.8, 4) is 11.8 Å². The van der Waals surface area contributed by atoms with Crippen LogP contribution in [0.25, 0.3) is 0 Å². The van der Waals surface area contributed by atoms with E-state index in [4.69, 9.17) is 11.6 Å². The summed E-state index contributed by atoms with van der Waals surface area (Å²) >= 11 is 5.54. The highest BCUT2D eigenvalue weighted by atomic mass is 35.5. The van der Waals surface area contributed by atoms with Crippen LogP contribution in [0.15, 0.2) is 23.2 Å². The summed E-state index contributed by atoms with van der Waals surface area (Å²) in [6.07, 6.45) is 1.20. The molecular formula is C9H9ClN2O2S. The Labute approximate surface area is 93.7 Å². The molecule has 0 radical (unpaired) electrons. The Morgan fingerprint density at radius 2 is 2.27 bits per heavy atom. The van der Waals surface area contributed by atoms with Crippen molar-refractivity contribution in [1.29, 1.82) is 0 Å². The Balaban J connectivity index is 2.85. The van der Waals surface area contributed by atoms with E-state index >= 15 is 0 Å². The molecule has 6 heteroatoms. The van der Waals surface area contributed by atoms with Crippen LogP contribution in [-0.2, 0) is 10.0 Å². The zero-order valence-corrected chi connectivity index (χ0v) is 9.56. The van der Waals surface area contributed by atoms with E-state index in [0.29, 0.717) is 0 Å². The summed E-state index contributed by atoms with van der Waals surface area (Å²) in [6.45, 7) is 1.72. The van der Waals surface area contributed by atoms with Gasteiger partial charge in [0.15, 0.2) is 0 Å². The van der Waals surface area contributed by atoms with Crippen LogP contribution in [0.2, 0.25) is 5.15 Å². The first kappa shape index (κ1) is 12.0. The van der Waals surface area contributed by atoms with Gasteiger partial charge in [0, 0.05) is 6.20 Å². The minimum atomic E-state index is -3.52. The van der Waals surface area contributed by atoms with Crippen molar-refractivity contribution >= 4 is 21.6 Å². The molecule has 0 saturated heterocycles. The number of rotatable bonds is 3. The van der Waals surface area contributed by atoms with Crippen molar-refractivity contribution in [2.75, 3.05) is 6.54 Å². The molecule has 1 aromatic heterocycles. The molecule has 1 N–H and O–H groups in total. The Bertz CT molecular complexity index is 485. The zero-order valence-electron chi connectivity index (χ0n) is 7.99. The van der Waals surface area contributed by atoms with E-state index in [-0.39, 0.29) is 16.6 Å². The number of halogens is 1. The molecule has 0 fully saturated rings. The van der Waals surface area contributed by atoms with Gasteiger partial charge < -0.3 is 0 Å². The van der Waals surface area contributed by atoms with Gasteiger partial charge in [0.2, 0.25) is 10.0 Å². The van der Waals surface area contributed by atoms with E-state index in [1.165, 1.54) is 18.3 Å². The lowest BCUT2D eigenvalue weighted by atomic mass is 10.5. The van der Waals surface area contributed by atoms with Crippen LogP contribution in [0, 0.1) is 11.8 Å². The predicted molar refractivity (Wildman–Crippen MR) is 57.9 cm³/mol. The maximum atomic E-state index is 11.6. The second kappa shape index (κ2) is 5.12. The maximum Gasteiger partial charge on any atom is 0.242 e. The molecular weight excluding hydrogens is 236 g/mol. The van der Waals surface area contributed by atoms with Gasteiger partial charge in [-0.1, -0.05) is 17.5 Å². The zero-order chi connectivity index (χ0) is 11.3. The first-order valence-corrected chi connectivity index (χ1v) is 5.93. The third-order valence-electron chi connectivity index (χ3n) is 1.54. The number of nitrogens with zero attached hydrogens (tertiary/aromatic N) is 1. The average molecular weight is 245 g/mol. The van der Waals surface area contributed by atoms with E-state index in [1.54, 1.807) is 6.92 Å². The van der Waals surface area contributed by atoms with Crippen molar-refractivity contribution in [1.82, 2.24) is 9.71 Å². The molecule has 80 valence electrons. The van der Waals surface area contributed by atoms with Crippen LogP contribution in [0.4, 0.5) is 0 Å². The highest BCUT2D eigenvalue weighted by molar-refractivity contribution is 7.89. The lowest BCUT2D eigenvalue weighted by molar-refractivity contribution is 0.585. The number of aromatic nitrogens is 1. The number of pyridine rings is 1. The standard InChI is InChI=1S/C9H9ClN2O2S/c1-2-3-6-12-15(13,14)8-4-5-9(10)11-7-8/h4-5,7,12H,6H2,1H3. The van der Waals surface area contributed by atoms with Gasteiger partial charge in [-0.25, -0.2) is 13.4 Å². The molecule has 0 aliphatic heterocycles. The van der Waals surface area contributed by atoms with Crippen LogP contribution in [0.3, 0.4) is 0 Å². The SMILES string of the molecule is CC#CCNS(=O)(=O)c1ccc(Cl)nc1. The highest BCUT2D eigenvalue weighted by Crippen LogP contribution is 2.09. The quantitative estimate of drug-likeness (QED) is 0.638. The number of hydrogen-bond acceptors (Lipinski definition) is 3. The summed E-state index contributed by atoms with van der Waals surface area (Å²) in [5.74, 6) is 5.19. The minimum absolute atomic E-state index is 0.0739. The molecule has 1 rings (SSSR count). The predicted octanol–water partition coefficient (Wildman–Crippen LogP) is 1.04. The van der Waals surface area contributed by atoms with Crippen LogP contribution >= 0.6 is 11.6 Å². The lowest BCUT2D eigenvalue weighted by Gasteiger charge is -2.02. The molecule has 0 spiro atoms. The van der Waals surface area contributed by atoms with Crippen LogP contribution < -0.4 is 4.72 Å². The Kier molecular flexibility index (Phi) is 4.09. The van der Waals surface area contributed by atoms with Gasteiger partial charge in [-0.15, -0.1) is 5.92 Å². The van der Waals surface area contributed by atoms with Crippen LogP contribution in [0.5, 0.6) is 0 Å². The molecule has 0 aliphatic rings. The summed E-state index contributed by atoms with van der Waals surface area (Å²) in [5, 5.41) is 0.252. The van der Waals surface area contributed by atoms with Crippen molar-refractivity contribution < 1.29 is 8.42 Å². The second-order valence-electron chi connectivity index (χ2n) is 2.57. The maximum absolute atomic E-state index is 11.6. The fraction of sp³-hybridized carbons (Fsp3) is 0.222. The summed E-state index contributed by atoms with van der Waals surface area (Å²) in [5.41, 5.74) is 0. The van der Waals surface area contributed by atoms with Gasteiger partial charge in [-0.2, -0.15) is 4.72 Å². The molecule has 0 aliphatic carbocycles. The molecule has 15 heavy (non-hydrogen) atoms. The molecule has 0 unspecified atom stereocenters. The van der Waals surface area contributed by atoms with E-state index in [9.17, 15) is 8.42 Å². The van der Waals surface area contributed by atoms with Gasteiger partial charge in [-0.05, 0) is 19.1 Å². The van der Waals surface area contributed by atoms with Crippen molar-refractivity contribution in [2.45, 2.75) is 11.8 Å². The van der Waals surface area contributed by atoms with Crippen molar-refractivity contribution in [3.63, 3.8) is 0 Å². The van der Waals surface area contributed by atoms with Gasteiger partial charge >= 0.3 is 0 Å². The summed E-state index contributed by atoms with van der Waals surface area (Å²) in [6, 6.07) is 2.80. The summed E-state index contributed by atoms with van der Waals surface area (Å²) in [7, 11) is -3.52. The minimum Gasteiger partial charge on any atom is -0.243 e. The third-order valence-corrected chi connectivity index (χ3v) is 3.15. The van der Waals surface area contributed by atoms with Crippen LogP contribution in [-0.4, -0.2) is 19.9 Å². The van der Waals surface area contributed by atoms with E-state index in [1.807, 2.05) is 0 Å². The Hall–Kier alpha value is -1.09. The second-order valence-corrected chi connectivity index (χ2v) is 4.72. The number of sulfonamides is 1. The topological polar surface area (TPSA) is 59.1 Å². The largest absolute Gasteiger partial charge is 0.243 e. The van der Waals surface area contributed by atoms with Crippen LogP contribution in [0.1, 0.15) is 6.92 Å². The monoisotopic (exact) mass is 244 g/mol. The van der Waals surface area contributed by atoms with Crippen molar-refractivity contribution in [2.24, 2.45) is 0 Å². The molecule has 0 saturated carbocycles. The highest BCUT2D eigenvalue weighted by Gasteiger charge is 2.12. The molecule has 1 aromatic rings. The molecule has 0 amide bonds. The van der Waals surface area contributed by atoms with Gasteiger partial charge in [0.25, 0.3) is 0 Å². The first-order chi connectivity index (χ1) is 7.06. The normalized spacial score (nSPS) is 10.5. The molecule has 0 bridgehead atoms. The Morgan fingerprint density at radius 3 is 2.80 bits per heavy atom. The van der Waals surface area contributed by atoms with Crippen molar-refractivity contribution in [3.05, 3.63) is 23.5 Å². The van der Waals surface area contributed by atoms with Gasteiger partial charge in [0.1, 0.15) is 10.0 Å². The number of hydrogen-bond donors (Lipinski definition) is 1. The Morgan fingerprint density at radius 1 is 1.53 bits per heavy atom. The third kappa shape index (κ3) is 3.51. The van der Waals surface area contributed by atoms with E-state index in [0.717, 1.165) is 0 Å². The van der Waals surface area contributed by atoms with E-state index < -0.39 is 10.0 Å². The molecule has 0 atom stereocenters.